The molecule has 0 fully saturated rings. The van der Waals surface area contributed by atoms with Crippen LogP contribution in [0.1, 0.15) is 24.3 Å². The summed E-state index contributed by atoms with van der Waals surface area (Å²) in [5.41, 5.74) is 0.998. The van der Waals surface area contributed by atoms with Crippen LogP contribution in [0.4, 0.5) is 11.6 Å². The number of ether oxygens (including phenoxy) is 1. The number of carbonyl (C=O) groups is 1. The molecule has 0 saturated heterocycles. The topological polar surface area (TPSA) is 76.1 Å². The van der Waals surface area contributed by atoms with Crippen molar-refractivity contribution in [1.82, 2.24) is 9.97 Å². The summed E-state index contributed by atoms with van der Waals surface area (Å²) in [4.78, 5) is 20.5. The molecule has 0 radical (unpaired) electrons. The molecule has 0 aliphatic heterocycles. The highest BCUT2D eigenvalue weighted by molar-refractivity contribution is 6.02. The molecule has 116 valence electrons. The summed E-state index contributed by atoms with van der Waals surface area (Å²) in [5, 5.41) is 5.89. The average Bonchev–Trinajstić information content (AvgIpc) is 2.54. The summed E-state index contributed by atoms with van der Waals surface area (Å²) in [5.74, 6) is 1.39. The van der Waals surface area contributed by atoms with Gasteiger partial charge in [-0.2, -0.15) is 0 Å². The van der Waals surface area contributed by atoms with Crippen LogP contribution >= 0.6 is 0 Å². The lowest BCUT2D eigenvalue weighted by Gasteiger charge is -2.09. The van der Waals surface area contributed by atoms with Crippen LogP contribution in [0.2, 0.25) is 0 Å². The molecule has 1 aromatic heterocycles. The molecule has 0 saturated carbocycles. The summed E-state index contributed by atoms with van der Waals surface area (Å²) in [6, 6.07) is 8.70. The summed E-state index contributed by atoms with van der Waals surface area (Å²) >= 11 is 0. The number of benzene rings is 1. The van der Waals surface area contributed by atoms with E-state index in [4.69, 9.17) is 4.74 Å². The van der Waals surface area contributed by atoms with Gasteiger partial charge in [0.05, 0.1) is 7.11 Å². The molecular weight excluding hydrogens is 280 g/mol. The zero-order chi connectivity index (χ0) is 15.9. The van der Waals surface area contributed by atoms with E-state index in [9.17, 15) is 4.79 Å². The number of anilines is 2. The fraction of sp³-hybridized carbons (Fsp3) is 0.312. The van der Waals surface area contributed by atoms with E-state index in [1.165, 1.54) is 0 Å². The van der Waals surface area contributed by atoms with E-state index in [2.05, 4.69) is 34.4 Å². The largest absolute Gasteiger partial charge is 0.497 e. The maximum Gasteiger partial charge on any atom is 0.274 e. The number of aromatic nitrogens is 2. The Labute approximate surface area is 129 Å². The molecule has 22 heavy (non-hydrogen) atoms. The first kappa shape index (κ1) is 15.8. The smallest absolute Gasteiger partial charge is 0.274 e. The summed E-state index contributed by atoms with van der Waals surface area (Å²) in [7, 11) is 1.60. The Hall–Kier alpha value is -2.63. The van der Waals surface area contributed by atoms with Crippen molar-refractivity contribution in [2.24, 2.45) is 5.92 Å². The molecular formula is C16H20N4O2. The van der Waals surface area contributed by atoms with E-state index >= 15 is 0 Å². The van der Waals surface area contributed by atoms with Crippen LogP contribution in [0.3, 0.4) is 0 Å². The molecule has 0 unspecified atom stereocenters. The Bertz CT molecular complexity index is 626. The minimum atomic E-state index is -0.278. The van der Waals surface area contributed by atoms with E-state index < -0.39 is 0 Å². The lowest BCUT2D eigenvalue weighted by atomic mass is 10.2. The highest BCUT2D eigenvalue weighted by Gasteiger charge is 2.09. The highest BCUT2D eigenvalue weighted by Crippen LogP contribution is 2.15. The zero-order valence-corrected chi connectivity index (χ0v) is 13.0. The molecule has 0 bridgehead atoms. The molecule has 6 heteroatoms. The molecule has 2 rings (SSSR count). The average molecular weight is 300 g/mol. The van der Waals surface area contributed by atoms with Crippen LogP contribution < -0.4 is 15.4 Å². The molecule has 2 N–H and O–H groups in total. The van der Waals surface area contributed by atoms with E-state index in [-0.39, 0.29) is 5.91 Å². The van der Waals surface area contributed by atoms with Crippen LogP contribution in [0.5, 0.6) is 5.75 Å². The van der Waals surface area contributed by atoms with Crippen molar-refractivity contribution in [3.63, 3.8) is 0 Å². The van der Waals surface area contributed by atoms with Crippen LogP contribution in [-0.2, 0) is 0 Å². The molecule has 0 aliphatic rings. The SMILES string of the molecule is COc1ccc(NC(=O)c2ccnc(NCC(C)C)n2)cc1. The molecule has 0 atom stereocenters. The Morgan fingerprint density at radius 1 is 1.23 bits per heavy atom. The summed E-state index contributed by atoms with van der Waals surface area (Å²) < 4.78 is 5.08. The van der Waals surface area contributed by atoms with Crippen LogP contribution in [0, 0.1) is 5.92 Å². The Balaban J connectivity index is 2.03. The van der Waals surface area contributed by atoms with Gasteiger partial charge < -0.3 is 15.4 Å². The van der Waals surface area contributed by atoms with E-state index in [1.807, 2.05) is 0 Å². The lowest BCUT2D eigenvalue weighted by molar-refractivity contribution is 0.102. The molecule has 0 spiro atoms. The summed E-state index contributed by atoms with van der Waals surface area (Å²) in [6.45, 7) is 4.93. The maximum atomic E-state index is 12.2. The number of methoxy groups -OCH3 is 1. The van der Waals surface area contributed by atoms with Gasteiger partial charge in [-0.1, -0.05) is 13.8 Å². The van der Waals surface area contributed by atoms with Gasteiger partial charge in [-0.15, -0.1) is 0 Å². The minimum absolute atomic E-state index is 0.278. The van der Waals surface area contributed by atoms with Gasteiger partial charge in [-0.25, -0.2) is 9.97 Å². The number of carbonyl (C=O) groups excluding carboxylic acids is 1. The Morgan fingerprint density at radius 3 is 2.59 bits per heavy atom. The van der Waals surface area contributed by atoms with Crippen molar-refractivity contribution in [3.8, 4) is 5.75 Å². The normalized spacial score (nSPS) is 10.4. The van der Waals surface area contributed by atoms with Crippen molar-refractivity contribution >= 4 is 17.5 Å². The number of nitrogens with zero attached hydrogens (tertiary/aromatic N) is 2. The number of hydrogen-bond acceptors (Lipinski definition) is 5. The molecule has 1 aromatic carbocycles. The number of nitrogens with one attached hydrogen (secondary N) is 2. The lowest BCUT2D eigenvalue weighted by Crippen LogP contribution is -2.16. The third kappa shape index (κ3) is 4.44. The second-order valence-electron chi connectivity index (χ2n) is 5.22. The molecule has 1 heterocycles. The minimum Gasteiger partial charge on any atom is -0.497 e. The molecule has 1 amide bonds. The van der Waals surface area contributed by atoms with Gasteiger partial charge in [0.25, 0.3) is 5.91 Å². The predicted molar refractivity (Wildman–Crippen MR) is 86.3 cm³/mol. The van der Waals surface area contributed by atoms with E-state index in [0.717, 1.165) is 12.3 Å². The second kappa shape index (κ2) is 7.40. The number of amides is 1. The fourth-order valence-electron chi connectivity index (χ4n) is 1.74. The standard InChI is InChI=1S/C16H20N4O2/c1-11(2)10-18-16-17-9-8-14(20-16)15(21)19-12-4-6-13(22-3)7-5-12/h4-9,11H,10H2,1-3H3,(H,19,21)(H,17,18,20). The second-order valence-corrected chi connectivity index (χ2v) is 5.22. The zero-order valence-electron chi connectivity index (χ0n) is 13.0. The highest BCUT2D eigenvalue weighted by atomic mass is 16.5. The van der Waals surface area contributed by atoms with Crippen molar-refractivity contribution in [3.05, 3.63) is 42.2 Å². The quantitative estimate of drug-likeness (QED) is 0.858. The predicted octanol–water partition coefficient (Wildman–Crippen LogP) is 2.81. The first-order valence-corrected chi connectivity index (χ1v) is 7.11. The Kier molecular flexibility index (Phi) is 5.30. The third-order valence-electron chi connectivity index (χ3n) is 2.90. The number of rotatable bonds is 6. The van der Waals surface area contributed by atoms with Crippen LogP contribution in [0.25, 0.3) is 0 Å². The van der Waals surface area contributed by atoms with E-state index in [1.54, 1.807) is 43.6 Å². The van der Waals surface area contributed by atoms with Crippen molar-refractivity contribution < 1.29 is 9.53 Å². The Morgan fingerprint density at radius 2 is 1.95 bits per heavy atom. The van der Waals surface area contributed by atoms with Gasteiger partial charge in [-0.05, 0) is 36.2 Å². The van der Waals surface area contributed by atoms with Gasteiger partial charge in [0, 0.05) is 18.4 Å². The van der Waals surface area contributed by atoms with Crippen molar-refractivity contribution in [2.45, 2.75) is 13.8 Å². The van der Waals surface area contributed by atoms with Crippen molar-refractivity contribution in [1.29, 1.82) is 0 Å². The molecule has 6 nitrogen and oxygen atoms in total. The van der Waals surface area contributed by atoms with Crippen molar-refractivity contribution in [2.75, 3.05) is 24.3 Å². The van der Waals surface area contributed by atoms with E-state index in [0.29, 0.717) is 23.2 Å². The van der Waals surface area contributed by atoms with Gasteiger partial charge in [0.2, 0.25) is 5.95 Å². The van der Waals surface area contributed by atoms with Crippen LogP contribution in [-0.4, -0.2) is 29.5 Å². The van der Waals surface area contributed by atoms with Gasteiger partial charge >= 0.3 is 0 Å². The number of hydrogen-bond donors (Lipinski definition) is 2. The van der Waals surface area contributed by atoms with Crippen LogP contribution in [0.15, 0.2) is 36.5 Å². The summed E-state index contributed by atoms with van der Waals surface area (Å²) in [6.07, 6.45) is 1.57. The molecule has 2 aromatic rings. The first-order chi connectivity index (χ1) is 10.6. The van der Waals surface area contributed by atoms with Gasteiger partial charge in [-0.3, -0.25) is 4.79 Å². The first-order valence-electron chi connectivity index (χ1n) is 7.11. The molecule has 0 aliphatic carbocycles. The van der Waals surface area contributed by atoms with Gasteiger partial charge in [0.15, 0.2) is 0 Å². The fourth-order valence-corrected chi connectivity index (χ4v) is 1.74. The van der Waals surface area contributed by atoms with Gasteiger partial charge in [0.1, 0.15) is 11.4 Å². The monoisotopic (exact) mass is 300 g/mol. The maximum absolute atomic E-state index is 12.2. The third-order valence-corrected chi connectivity index (χ3v) is 2.90.